The first-order valence-electron chi connectivity index (χ1n) is 12.5. The number of allylic oxidation sites excluding steroid dienone is 4. The average Bonchev–Trinajstić information content (AvgIpc) is 2.83. The minimum atomic E-state index is -0.598. The molecule has 2 aromatic heterocycles. The number of aryl methyl sites for hydroxylation is 1. The normalized spacial score (nSPS) is 19.1. The molecule has 3 heterocycles. The van der Waals surface area contributed by atoms with Gasteiger partial charge in [-0.25, -0.2) is 4.79 Å². The molecule has 6 heteroatoms. The Labute approximate surface area is 215 Å². The van der Waals surface area contributed by atoms with Gasteiger partial charge < -0.3 is 4.74 Å². The van der Waals surface area contributed by atoms with Crippen LogP contribution in [0.15, 0.2) is 71.9 Å². The van der Waals surface area contributed by atoms with E-state index in [1.807, 2.05) is 81.3 Å². The van der Waals surface area contributed by atoms with Crippen LogP contribution in [-0.4, -0.2) is 39.8 Å². The number of hydrogen-bond acceptors (Lipinski definition) is 5. The van der Waals surface area contributed by atoms with Gasteiger partial charge in [-0.2, -0.15) is 0 Å². The molecule has 0 aromatic carbocycles. The van der Waals surface area contributed by atoms with Crippen LogP contribution >= 0.6 is 0 Å². The first kappa shape index (κ1) is 27.1. The molecule has 1 aliphatic rings. The summed E-state index contributed by atoms with van der Waals surface area (Å²) in [6.07, 6.45) is 14.4. The topological polar surface area (TPSA) is 67.7 Å². The smallest absolute Gasteiger partial charge is 0.411 e. The zero-order chi connectivity index (χ0) is 26.1. The lowest BCUT2D eigenvalue weighted by Gasteiger charge is -2.42. The number of carbonyl (C=O) groups is 1. The maximum Gasteiger partial charge on any atom is 0.411 e. The van der Waals surface area contributed by atoms with E-state index in [4.69, 9.17) is 9.72 Å². The van der Waals surface area contributed by atoms with Crippen LogP contribution in [0.1, 0.15) is 81.2 Å². The third kappa shape index (κ3) is 7.23. The highest BCUT2D eigenvalue weighted by Gasteiger charge is 2.40. The SMILES string of the molecule is C=C/C=C(\C=NC)C/C=C/c1cccc(C2CCCC(c3ncccc3C)N2C(=O)OC(C)(C)C)n1. The van der Waals surface area contributed by atoms with Crippen LogP contribution in [0.2, 0.25) is 0 Å². The number of likely N-dealkylation sites (tertiary alicyclic amines) is 1. The summed E-state index contributed by atoms with van der Waals surface area (Å²) in [5.41, 5.74) is 4.16. The van der Waals surface area contributed by atoms with Gasteiger partial charge >= 0.3 is 6.09 Å². The highest BCUT2D eigenvalue weighted by Crippen LogP contribution is 2.42. The second-order valence-electron chi connectivity index (χ2n) is 10.0. The Morgan fingerprint density at radius 3 is 2.69 bits per heavy atom. The monoisotopic (exact) mass is 486 g/mol. The van der Waals surface area contributed by atoms with Gasteiger partial charge in [0.2, 0.25) is 0 Å². The fourth-order valence-corrected chi connectivity index (χ4v) is 4.52. The van der Waals surface area contributed by atoms with Crippen LogP contribution in [-0.2, 0) is 4.74 Å². The van der Waals surface area contributed by atoms with Crippen molar-refractivity contribution < 1.29 is 9.53 Å². The number of nitrogens with zero attached hydrogens (tertiary/aromatic N) is 4. The molecule has 2 aromatic rings. The second kappa shape index (κ2) is 12.4. The molecule has 0 N–H and O–H groups in total. The average molecular weight is 487 g/mol. The van der Waals surface area contributed by atoms with Crippen LogP contribution in [0.3, 0.4) is 0 Å². The Kier molecular flexibility index (Phi) is 9.34. The van der Waals surface area contributed by atoms with E-state index in [1.165, 1.54) is 0 Å². The summed E-state index contributed by atoms with van der Waals surface area (Å²) in [5.74, 6) is 0. The van der Waals surface area contributed by atoms with Crippen molar-refractivity contribution in [2.75, 3.05) is 7.05 Å². The minimum Gasteiger partial charge on any atom is -0.444 e. The van der Waals surface area contributed by atoms with Crippen molar-refractivity contribution in [1.29, 1.82) is 0 Å². The van der Waals surface area contributed by atoms with Gasteiger partial charge in [0.15, 0.2) is 0 Å². The number of hydrogen-bond donors (Lipinski definition) is 0. The number of ether oxygens (including phenoxy) is 1. The largest absolute Gasteiger partial charge is 0.444 e. The van der Waals surface area contributed by atoms with E-state index in [0.717, 1.165) is 53.9 Å². The summed E-state index contributed by atoms with van der Waals surface area (Å²) in [7, 11) is 1.76. The Balaban J connectivity index is 1.94. The van der Waals surface area contributed by atoms with Crippen LogP contribution in [0, 0.1) is 6.92 Å². The summed E-state index contributed by atoms with van der Waals surface area (Å²) >= 11 is 0. The third-order valence-corrected chi connectivity index (χ3v) is 6.00. The molecule has 0 saturated carbocycles. The Bertz CT molecular complexity index is 1140. The van der Waals surface area contributed by atoms with Crippen molar-refractivity contribution in [3.8, 4) is 0 Å². The number of piperidine rings is 1. The van der Waals surface area contributed by atoms with E-state index in [9.17, 15) is 4.79 Å². The van der Waals surface area contributed by atoms with E-state index in [-0.39, 0.29) is 18.2 Å². The van der Waals surface area contributed by atoms with E-state index in [1.54, 1.807) is 19.3 Å². The van der Waals surface area contributed by atoms with Gasteiger partial charge in [0, 0.05) is 19.5 Å². The van der Waals surface area contributed by atoms with Gasteiger partial charge in [-0.1, -0.05) is 36.9 Å². The lowest BCUT2D eigenvalue weighted by Crippen LogP contribution is -2.44. The van der Waals surface area contributed by atoms with Gasteiger partial charge in [-0.3, -0.25) is 19.9 Å². The number of aliphatic imine (C=N–C) groups is 1. The van der Waals surface area contributed by atoms with E-state index in [2.05, 4.69) is 22.6 Å². The quantitative estimate of drug-likeness (QED) is 0.306. The highest BCUT2D eigenvalue weighted by molar-refractivity contribution is 5.79. The fourth-order valence-electron chi connectivity index (χ4n) is 4.52. The minimum absolute atomic E-state index is 0.166. The Morgan fingerprint density at radius 2 is 2.00 bits per heavy atom. The Hall–Kier alpha value is -3.54. The zero-order valence-corrected chi connectivity index (χ0v) is 22.1. The molecule has 0 spiro atoms. The number of carbonyl (C=O) groups excluding carboxylic acids is 1. The molecular formula is C30H38N4O2. The van der Waals surface area contributed by atoms with E-state index >= 15 is 0 Å². The van der Waals surface area contributed by atoms with Crippen molar-refractivity contribution >= 4 is 18.4 Å². The summed E-state index contributed by atoms with van der Waals surface area (Å²) in [6.45, 7) is 11.5. The first-order chi connectivity index (χ1) is 17.2. The number of rotatable bonds is 7. The molecule has 1 amide bonds. The van der Waals surface area contributed by atoms with E-state index in [0.29, 0.717) is 0 Å². The maximum absolute atomic E-state index is 13.6. The summed E-state index contributed by atoms with van der Waals surface area (Å²) in [4.78, 5) is 29.1. The van der Waals surface area contributed by atoms with Gasteiger partial charge in [0.25, 0.3) is 0 Å². The summed E-state index contributed by atoms with van der Waals surface area (Å²) in [5, 5.41) is 0. The number of aromatic nitrogens is 2. The molecule has 190 valence electrons. The van der Waals surface area contributed by atoms with Crippen LogP contribution in [0.5, 0.6) is 0 Å². The van der Waals surface area contributed by atoms with Gasteiger partial charge in [-0.05, 0) is 88.8 Å². The molecule has 0 bridgehead atoms. The van der Waals surface area contributed by atoms with Crippen molar-refractivity contribution in [3.05, 3.63) is 89.6 Å². The second-order valence-corrected chi connectivity index (χ2v) is 10.0. The van der Waals surface area contributed by atoms with E-state index < -0.39 is 5.60 Å². The maximum atomic E-state index is 13.6. The van der Waals surface area contributed by atoms with Crippen molar-refractivity contribution in [2.45, 2.75) is 71.1 Å². The molecule has 1 saturated heterocycles. The molecule has 1 fully saturated rings. The van der Waals surface area contributed by atoms with Crippen LogP contribution in [0.4, 0.5) is 4.79 Å². The van der Waals surface area contributed by atoms with Gasteiger partial charge in [0.1, 0.15) is 5.60 Å². The molecular weight excluding hydrogens is 448 g/mol. The molecule has 0 aliphatic carbocycles. The molecule has 3 rings (SSSR count). The highest BCUT2D eigenvalue weighted by atomic mass is 16.6. The van der Waals surface area contributed by atoms with Crippen molar-refractivity contribution in [1.82, 2.24) is 14.9 Å². The molecule has 36 heavy (non-hydrogen) atoms. The van der Waals surface area contributed by atoms with Crippen LogP contribution < -0.4 is 0 Å². The Morgan fingerprint density at radius 1 is 1.22 bits per heavy atom. The summed E-state index contributed by atoms with van der Waals surface area (Å²) < 4.78 is 5.88. The molecule has 2 unspecified atom stereocenters. The lowest BCUT2D eigenvalue weighted by atomic mass is 9.90. The number of pyridine rings is 2. The van der Waals surface area contributed by atoms with Gasteiger partial charge in [0.05, 0.1) is 29.2 Å². The predicted octanol–water partition coefficient (Wildman–Crippen LogP) is 7.20. The van der Waals surface area contributed by atoms with Gasteiger partial charge in [-0.15, -0.1) is 0 Å². The number of amides is 1. The fraction of sp³-hybridized carbons (Fsp3) is 0.400. The molecule has 6 nitrogen and oxygen atoms in total. The van der Waals surface area contributed by atoms with Crippen LogP contribution in [0.25, 0.3) is 6.08 Å². The standard InChI is InChI=1S/C30H38N4O2/c1-7-12-23(21-31-6)14-8-15-24-16-9-17-25(33-24)26-18-10-19-27(28-22(2)13-11-20-32-28)34(26)29(35)36-30(3,4)5/h7-9,11-13,15-17,20-21,26-27H,1,10,14,18-19H2,2-6H3/b15-8+,23-12-,31-21?. The molecule has 0 radical (unpaired) electrons. The molecule has 1 aliphatic heterocycles. The zero-order valence-electron chi connectivity index (χ0n) is 22.1. The van der Waals surface area contributed by atoms with Crippen molar-refractivity contribution in [2.24, 2.45) is 4.99 Å². The lowest BCUT2D eigenvalue weighted by molar-refractivity contribution is -0.00803. The molecule has 2 atom stereocenters. The predicted molar refractivity (Wildman–Crippen MR) is 147 cm³/mol. The van der Waals surface area contributed by atoms with Crippen molar-refractivity contribution in [3.63, 3.8) is 0 Å². The third-order valence-electron chi connectivity index (χ3n) is 6.00. The summed E-state index contributed by atoms with van der Waals surface area (Å²) in [6, 6.07) is 9.58. The first-order valence-corrected chi connectivity index (χ1v) is 12.5.